The SMILES string of the molecule is O=C(O)c1ccc2c(c1)OCC(=O)N2Cc1ccccc1Cl. The van der Waals surface area contributed by atoms with E-state index in [2.05, 4.69) is 0 Å². The minimum atomic E-state index is -1.04. The van der Waals surface area contributed by atoms with Crippen molar-refractivity contribution in [3.8, 4) is 5.75 Å². The maximum atomic E-state index is 12.1. The first-order chi connectivity index (χ1) is 10.6. The topological polar surface area (TPSA) is 66.8 Å². The second kappa shape index (κ2) is 5.69. The number of nitrogens with zero attached hydrogens (tertiary/aromatic N) is 1. The van der Waals surface area contributed by atoms with E-state index >= 15 is 0 Å². The molecule has 0 unspecified atom stereocenters. The standard InChI is InChI=1S/C16H12ClNO4/c17-12-4-2-1-3-11(12)8-18-13-6-5-10(16(20)21)7-14(13)22-9-15(18)19/h1-7H,8-9H2,(H,20,21). The molecule has 3 rings (SSSR count). The monoisotopic (exact) mass is 317 g/mol. The van der Waals surface area contributed by atoms with Crippen LogP contribution in [-0.4, -0.2) is 23.6 Å². The van der Waals surface area contributed by atoms with Gasteiger partial charge < -0.3 is 14.7 Å². The highest BCUT2D eigenvalue weighted by Gasteiger charge is 2.26. The Hall–Kier alpha value is -2.53. The highest BCUT2D eigenvalue weighted by atomic mass is 35.5. The molecular weight excluding hydrogens is 306 g/mol. The summed E-state index contributed by atoms with van der Waals surface area (Å²) in [6.45, 7) is 0.182. The van der Waals surface area contributed by atoms with Crippen LogP contribution in [0.5, 0.6) is 5.75 Å². The molecule has 2 aromatic carbocycles. The van der Waals surface area contributed by atoms with Gasteiger partial charge in [-0.2, -0.15) is 0 Å². The quantitative estimate of drug-likeness (QED) is 0.945. The molecule has 0 saturated carbocycles. The number of carboxylic acid groups (broad SMARTS) is 1. The molecule has 1 aliphatic heterocycles. The number of rotatable bonds is 3. The fraction of sp³-hybridized carbons (Fsp3) is 0.125. The molecule has 1 heterocycles. The number of anilines is 1. The van der Waals surface area contributed by atoms with Crippen molar-refractivity contribution >= 4 is 29.2 Å². The van der Waals surface area contributed by atoms with E-state index in [0.29, 0.717) is 23.0 Å². The maximum absolute atomic E-state index is 12.1. The average Bonchev–Trinajstić information content (AvgIpc) is 2.51. The molecule has 2 aromatic rings. The number of ether oxygens (including phenoxy) is 1. The molecule has 1 N–H and O–H groups in total. The Balaban J connectivity index is 1.97. The van der Waals surface area contributed by atoms with Gasteiger partial charge >= 0.3 is 5.97 Å². The predicted octanol–water partition coefficient (Wildman–Crippen LogP) is 2.96. The van der Waals surface area contributed by atoms with Crippen LogP contribution >= 0.6 is 11.6 Å². The van der Waals surface area contributed by atoms with E-state index in [1.165, 1.54) is 12.1 Å². The summed E-state index contributed by atoms with van der Waals surface area (Å²) in [5.74, 6) is -0.858. The average molecular weight is 318 g/mol. The second-order valence-electron chi connectivity index (χ2n) is 4.85. The first kappa shape index (κ1) is 14.4. The highest BCUT2D eigenvalue weighted by Crippen LogP contribution is 2.34. The Bertz CT molecular complexity index is 760. The summed E-state index contributed by atoms with van der Waals surface area (Å²) in [6, 6.07) is 11.7. The predicted molar refractivity (Wildman–Crippen MR) is 81.5 cm³/mol. The number of halogens is 1. The van der Waals surface area contributed by atoms with Gasteiger partial charge in [0, 0.05) is 5.02 Å². The van der Waals surface area contributed by atoms with Crippen LogP contribution in [0.25, 0.3) is 0 Å². The van der Waals surface area contributed by atoms with E-state index in [4.69, 9.17) is 21.4 Å². The molecule has 0 radical (unpaired) electrons. The van der Waals surface area contributed by atoms with Gasteiger partial charge in [0.1, 0.15) is 5.75 Å². The number of hydrogen-bond donors (Lipinski definition) is 1. The van der Waals surface area contributed by atoms with Crippen molar-refractivity contribution in [3.05, 3.63) is 58.6 Å². The normalized spacial score (nSPS) is 13.5. The van der Waals surface area contributed by atoms with Gasteiger partial charge in [-0.25, -0.2) is 4.79 Å². The van der Waals surface area contributed by atoms with E-state index < -0.39 is 5.97 Å². The number of hydrogen-bond acceptors (Lipinski definition) is 3. The third-order valence-electron chi connectivity index (χ3n) is 3.44. The zero-order valence-electron chi connectivity index (χ0n) is 11.5. The number of benzene rings is 2. The summed E-state index contributed by atoms with van der Waals surface area (Å²) in [6.07, 6.45) is 0. The van der Waals surface area contributed by atoms with Crippen molar-refractivity contribution in [1.82, 2.24) is 0 Å². The lowest BCUT2D eigenvalue weighted by Gasteiger charge is -2.29. The van der Waals surface area contributed by atoms with Gasteiger partial charge in [0.05, 0.1) is 17.8 Å². The molecule has 0 aliphatic carbocycles. The Morgan fingerprint density at radius 3 is 2.77 bits per heavy atom. The van der Waals surface area contributed by atoms with Crippen molar-refractivity contribution in [3.63, 3.8) is 0 Å². The van der Waals surface area contributed by atoms with Gasteiger partial charge in [-0.15, -0.1) is 0 Å². The largest absolute Gasteiger partial charge is 0.482 e. The lowest BCUT2D eigenvalue weighted by atomic mass is 10.1. The molecule has 112 valence electrons. The van der Waals surface area contributed by atoms with E-state index in [-0.39, 0.29) is 18.1 Å². The maximum Gasteiger partial charge on any atom is 0.335 e. The van der Waals surface area contributed by atoms with Crippen LogP contribution in [-0.2, 0) is 11.3 Å². The molecule has 6 heteroatoms. The number of amides is 1. The van der Waals surface area contributed by atoms with E-state index in [1.54, 1.807) is 17.0 Å². The Morgan fingerprint density at radius 1 is 1.27 bits per heavy atom. The summed E-state index contributed by atoms with van der Waals surface area (Å²) in [5, 5.41) is 9.60. The summed E-state index contributed by atoms with van der Waals surface area (Å²) >= 11 is 6.14. The first-order valence-electron chi connectivity index (χ1n) is 6.60. The van der Waals surface area contributed by atoms with Gasteiger partial charge in [-0.3, -0.25) is 4.79 Å². The lowest BCUT2D eigenvalue weighted by Crippen LogP contribution is -2.38. The fourth-order valence-corrected chi connectivity index (χ4v) is 2.50. The molecule has 0 fully saturated rings. The van der Waals surface area contributed by atoms with Crippen LogP contribution in [0.3, 0.4) is 0 Å². The van der Waals surface area contributed by atoms with Crippen LogP contribution in [0.1, 0.15) is 15.9 Å². The van der Waals surface area contributed by atoms with E-state index in [9.17, 15) is 9.59 Å². The van der Waals surface area contributed by atoms with Crippen molar-refractivity contribution in [2.24, 2.45) is 0 Å². The van der Waals surface area contributed by atoms with Crippen molar-refractivity contribution in [1.29, 1.82) is 0 Å². The van der Waals surface area contributed by atoms with Crippen LogP contribution in [0.15, 0.2) is 42.5 Å². The third kappa shape index (κ3) is 2.63. The van der Waals surface area contributed by atoms with Crippen LogP contribution in [0, 0.1) is 0 Å². The van der Waals surface area contributed by atoms with Crippen molar-refractivity contribution in [2.45, 2.75) is 6.54 Å². The number of carboxylic acids is 1. The second-order valence-corrected chi connectivity index (χ2v) is 5.25. The third-order valence-corrected chi connectivity index (χ3v) is 3.80. The lowest BCUT2D eigenvalue weighted by molar-refractivity contribution is -0.121. The fourth-order valence-electron chi connectivity index (χ4n) is 2.31. The summed E-state index contributed by atoms with van der Waals surface area (Å²) in [4.78, 5) is 24.7. The molecule has 0 atom stereocenters. The van der Waals surface area contributed by atoms with Crippen LogP contribution < -0.4 is 9.64 Å². The molecule has 1 amide bonds. The molecule has 0 bridgehead atoms. The zero-order valence-corrected chi connectivity index (χ0v) is 12.2. The molecule has 22 heavy (non-hydrogen) atoms. The highest BCUT2D eigenvalue weighted by molar-refractivity contribution is 6.31. The van der Waals surface area contributed by atoms with Crippen LogP contribution in [0.4, 0.5) is 5.69 Å². The number of carbonyl (C=O) groups excluding carboxylic acids is 1. The van der Waals surface area contributed by atoms with E-state index in [1.807, 2.05) is 18.2 Å². The Kier molecular flexibility index (Phi) is 3.73. The summed E-state index contributed by atoms with van der Waals surface area (Å²) < 4.78 is 5.34. The number of aromatic carboxylic acids is 1. The van der Waals surface area contributed by atoms with Gasteiger partial charge in [0.2, 0.25) is 0 Å². The minimum Gasteiger partial charge on any atom is -0.482 e. The number of carbonyl (C=O) groups is 2. The molecule has 1 aliphatic rings. The van der Waals surface area contributed by atoms with Gasteiger partial charge in [-0.1, -0.05) is 29.8 Å². The summed E-state index contributed by atoms with van der Waals surface area (Å²) in [5.41, 5.74) is 1.47. The van der Waals surface area contributed by atoms with E-state index in [0.717, 1.165) is 5.56 Å². The molecular formula is C16H12ClNO4. The van der Waals surface area contributed by atoms with Crippen molar-refractivity contribution in [2.75, 3.05) is 11.5 Å². The molecule has 5 nitrogen and oxygen atoms in total. The van der Waals surface area contributed by atoms with Gasteiger partial charge in [0.15, 0.2) is 6.61 Å². The van der Waals surface area contributed by atoms with Gasteiger partial charge in [0.25, 0.3) is 5.91 Å². The summed E-state index contributed by atoms with van der Waals surface area (Å²) in [7, 11) is 0. The zero-order chi connectivity index (χ0) is 15.7. The minimum absolute atomic E-state index is 0.116. The molecule has 0 aromatic heterocycles. The van der Waals surface area contributed by atoms with Crippen LogP contribution in [0.2, 0.25) is 5.02 Å². The van der Waals surface area contributed by atoms with Crippen molar-refractivity contribution < 1.29 is 19.4 Å². The molecule has 0 saturated heterocycles. The van der Waals surface area contributed by atoms with Gasteiger partial charge in [-0.05, 0) is 29.8 Å². The number of fused-ring (bicyclic) bond motifs is 1. The first-order valence-corrected chi connectivity index (χ1v) is 6.98. The smallest absolute Gasteiger partial charge is 0.335 e. The molecule has 0 spiro atoms. The Labute approximate surface area is 131 Å². The Morgan fingerprint density at radius 2 is 2.05 bits per heavy atom.